The number of para-hydroxylation sites is 1. The van der Waals surface area contributed by atoms with Crippen LogP contribution in [0, 0.1) is 5.41 Å². The van der Waals surface area contributed by atoms with Crippen LogP contribution in [0.15, 0.2) is 84.9 Å². The van der Waals surface area contributed by atoms with E-state index in [2.05, 4.69) is 34.5 Å². The SMILES string of the molecule is CO[C@@](C(=O)N1CCC2(CC1)CC(=O)NC[C@@H]2c1ccccc1N(C)Cc1ccccc1)(c1ccccc1)C(F)(F)F. The Hall–Kier alpha value is -3.85. The highest BCUT2D eigenvalue weighted by Crippen LogP contribution is 2.52. The molecule has 2 saturated heterocycles. The molecule has 3 aromatic carbocycles. The monoisotopic (exact) mass is 579 g/mol. The van der Waals surface area contributed by atoms with Crippen LogP contribution in [0.5, 0.6) is 0 Å². The smallest absolute Gasteiger partial charge is 0.370 e. The van der Waals surface area contributed by atoms with E-state index in [1.807, 2.05) is 37.4 Å². The Balaban J connectivity index is 1.42. The van der Waals surface area contributed by atoms with Gasteiger partial charge in [-0.25, -0.2) is 0 Å². The summed E-state index contributed by atoms with van der Waals surface area (Å²) < 4.78 is 48.8. The molecule has 222 valence electrons. The third kappa shape index (κ3) is 5.38. The van der Waals surface area contributed by atoms with Crippen LogP contribution in [-0.2, 0) is 26.5 Å². The standard InChI is InChI=1S/C33H36F3N3O3/c1-38(23-24-11-5-3-6-12-24)28-16-10-9-15-26(28)27-22-37-29(40)21-31(27)17-19-39(20-18-31)30(41)32(42-2,33(34,35)36)25-13-7-4-8-14-25/h3-16,27H,17-23H2,1-2H3,(H,37,40)/t27-,32-/m1/s1. The number of nitrogens with zero attached hydrogens (tertiary/aromatic N) is 2. The van der Waals surface area contributed by atoms with Gasteiger partial charge in [0.05, 0.1) is 0 Å². The number of ether oxygens (including phenoxy) is 1. The summed E-state index contributed by atoms with van der Waals surface area (Å²) in [6.45, 7) is 1.32. The number of piperidine rings is 2. The van der Waals surface area contributed by atoms with Gasteiger partial charge in [-0.05, 0) is 35.4 Å². The molecule has 5 rings (SSSR count). The van der Waals surface area contributed by atoms with Gasteiger partial charge in [0.25, 0.3) is 11.5 Å². The molecule has 9 heteroatoms. The summed E-state index contributed by atoms with van der Waals surface area (Å²) in [7, 11) is 2.96. The second-order valence-electron chi connectivity index (χ2n) is 11.3. The number of rotatable bonds is 7. The lowest BCUT2D eigenvalue weighted by Gasteiger charge is -2.50. The summed E-state index contributed by atoms with van der Waals surface area (Å²) in [6.07, 6.45) is -3.91. The third-order valence-corrected chi connectivity index (χ3v) is 8.97. The Morgan fingerprint density at radius 2 is 1.57 bits per heavy atom. The van der Waals surface area contributed by atoms with Crippen molar-refractivity contribution in [2.24, 2.45) is 5.41 Å². The maximum atomic E-state index is 14.6. The van der Waals surface area contributed by atoms with Crippen LogP contribution in [0.3, 0.4) is 0 Å². The van der Waals surface area contributed by atoms with Gasteiger partial charge in [0.1, 0.15) is 0 Å². The van der Waals surface area contributed by atoms with Crippen molar-refractivity contribution in [3.05, 3.63) is 102 Å². The Labute approximate surface area is 244 Å². The highest BCUT2D eigenvalue weighted by Gasteiger charge is 2.64. The van der Waals surface area contributed by atoms with Crippen LogP contribution < -0.4 is 10.2 Å². The summed E-state index contributed by atoms with van der Waals surface area (Å²) in [5.41, 5.74) is -0.562. The molecule has 2 aliphatic heterocycles. The van der Waals surface area contributed by atoms with E-state index in [1.165, 1.54) is 29.2 Å². The molecule has 6 nitrogen and oxygen atoms in total. The van der Waals surface area contributed by atoms with E-state index in [9.17, 15) is 22.8 Å². The zero-order chi connectivity index (χ0) is 30.0. The van der Waals surface area contributed by atoms with E-state index in [1.54, 1.807) is 6.07 Å². The average molecular weight is 580 g/mol. The topological polar surface area (TPSA) is 61.9 Å². The summed E-state index contributed by atoms with van der Waals surface area (Å²) in [5.74, 6) is -1.27. The highest BCUT2D eigenvalue weighted by atomic mass is 19.4. The van der Waals surface area contributed by atoms with Crippen molar-refractivity contribution in [1.29, 1.82) is 0 Å². The molecule has 3 aromatic rings. The first-order valence-corrected chi connectivity index (χ1v) is 14.2. The third-order valence-electron chi connectivity index (χ3n) is 8.97. The average Bonchev–Trinajstić information content (AvgIpc) is 2.98. The molecule has 0 aromatic heterocycles. The van der Waals surface area contributed by atoms with E-state index in [0.29, 0.717) is 25.9 Å². The maximum absolute atomic E-state index is 14.6. The normalized spacial score (nSPS) is 20.1. The van der Waals surface area contributed by atoms with Crippen LogP contribution in [-0.4, -0.2) is 56.7 Å². The summed E-state index contributed by atoms with van der Waals surface area (Å²) in [6, 6.07) is 25.3. The van der Waals surface area contributed by atoms with Crippen molar-refractivity contribution < 1.29 is 27.5 Å². The number of hydrogen-bond donors (Lipinski definition) is 1. The molecule has 0 saturated carbocycles. The van der Waals surface area contributed by atoms with Gasteiger partial charge in [0, 0.05) is 63.9 Å². The van der Waals surface area contributed by atoms with Gasteiger partial charge >= 0.3 is 6.18 Å². The minimum Gasteiger partial charge on any atom is -0.370 e. The van der Waals surface area contributed by atoms with Gasteiger partial charge in [-0.1, -0.05) is 78.9 Å². The summed E-state index contributed by atoms with van der Waals surface area (Å²) in [4.78, 5) is 29.9. The number of carbonyl (C=O) groups is 2. The van der Waals surface area contributed by atoms with E-state index in [4.69, 9.17) is 4.74 Å². The minimum absolute atomic E-state index is 0.0641. The Morgan fingerprint density at radius 1 is 0.976 bits per heavy atom. The number of carbonyl (C=O) groups excluding carboxylic acids is 2. The number of benzene rings is 3. The van der Waals surface area contributed by atoms with Crippen molar-refractivity contribution in [3.8, 4) is 0 Å². The molecule has 42 heavy (non-hydrogen) atoms. The van der Waals surface area contributed by atoms with Crippen LogP contribution in [0.4, 0.5) is 18.9 Å². The number of amides is 2. The van der Waals surface area contributed by atoms with Crippen LogP contribution in [0.1, 0.15) is 41.9 Å². The lowest BCUT2D eigenvalue weighted by molar-refractivity contribution is -0.271. The number of halogens is 3. The maximum Gasteiger partial charge on any atom is 0.430 e. The summed E-state index contributed by atoms with van der Waals surface area (Å²) in [5, 5.41) is 3.02. The quantitative estimate of drug-likeness (QED) is 0.394. The molecule has 0 radical (unpaired) electrons. The highest BCUT2D eigenvalue weighted by molar-refractivity contribution is 5.88. The number of anilines is 1. The van der Waals surface area contributed by atoms with Crippen molar-refractivity contribution in [2.45, 2.75) is 43.5 Å². The Kier molecular flexibility index (Phi) is 8.32. The molecular formula is C33H36F3N3O3. The lowest BCUT2D eigenvalue weighted by atomic mass is 9.62. The van der Waals surface area contributed by atoms with Gasteiger partial charge in [-0.3, -0.25) is 9.59 Å². The first kappa shape index (κ1) is 29.6. The van der Waals surface area contributed by atoms with Crippen LogP contribution >= 0.6 is 0 Å². The van der Waals surface area contributed by atoms with Crippen molar-refractivity contribution in [2.75, 3.05) is 38.7 Å². The number of likely N-dealkylation sites (tertiary alicyclic amines) is 1. The van der Waals surface area contributed by atoms with Gasteiger partial charge in [-0.2, -0.15) is 13.2 Å². The van der Waals surface area contributed by atoms with Crippen molar-refractivity contribution in [1.82, 2.24) is 10.2 Å². The molecule has 2 atom stereocenters. The van der Waals surface area contributed by atoms with Gasteiger partial charge in [-0.15, -0.1) is 0 Å². The van der Waals surface area contributed by atoms with Gasteiger partial charge < -0.3 is 19.9 Å². The molecule has 0 unspecified atom stereocenters. The van der Waals surface area contributed by atoms with Crippen molar-refractivity contribution in [3.63, 3.8) is 0 Å². The molecule has 2 fully saturated rings. The Morgan fingerprint density at radius 3 is 2.19 bits per heavy atom. The summed E-state index contributed by atoms with van der Waals surface area (Å²) >= 11 is 0. The van der Waals surface area contributed by atoms with Crippen molar-refractivity contribution >= 4 is 17.5 Å². The fourth-order valence-corrected chi connectivity index (χ4v) is 6.76. The Bertz CT molecular complexity index is 1390. The largest absolute Gasteiger partial charge is 0.430 e. The lowest BCUT2D eigenvalue weighted by Crippen LogP contribution is -2.60. The predicted molar refractivity (Wildman–Crippen MR) is 155 cm³/mol. The number of alkyl halides is 3. The molecule has 2 amide bonds. The van der Waals surface area contributed by atoms with Gasteiger partial charge in [0.2, 0.25) is 5.91 Å². The first-order chi connectivity index (χ1) is 20.1. The molecule has 2 aliphatic rings. The fraction of sp³-hybridized carbons (Fsp3) is 0.394. The van der Waals surface area contributed by atoms with E-state index < -0.39 is 23.1 Å². The zero-order valence-electron chi connectivity index (χ0n) is 23.9. The van der Waals surface area contributed by atoms with E-state index in [-0.39, 0.29) is 36.9 Å². The van der Waals surface area contributed by atoms with Crippen LogP contribution in [0.2, 0.25) is 0 Å². The fourth-order valence-electron chi connectivity index (χ4n) is 6.76. The first-order valence-electron chi connectivity index (χ1n) is 14.2. The molecule has 0 bridgehead atoms. The van der Waals surface area contributed by atoms with Gasteiger partial charge in [0.15, 0.2) is 0 Å². The van der Waals surface area contributed by atoms with Crippen LogP contribution in [0.25, 0.3) is 0 Å². The molecule has 0 aliphatic carbocycles. The second kappa shape index (κ2) is 11.8. The number of nitrogens with one attached hydrogen (secondary N) is 1. The second-order valence-corrected chi connectivity index (χ2v) is 11.3. The molecule has 2 heterocycles. The number of hydrogen-bond acceptors (Lipinski definition) is 4. The van der Waals surface area contributed by atoms with E-state index >= 15 is 0 Å². The molecular weight excluding hydrogens is 543 g/mol. The molecule has 1 N–H and O–H groups in total. The number of methoxy groups -OCH3 is 1. The zero-order valence-corrected chi connectivity index (χ0v) is 23.9. The minimum atomic E-state index is -4.97. The van der Waals surface area contributed by atoms with E-state index in [0.717, 1.165) is 23.9 Å². The predicted octanol–water partition coefficient (Wildman–Crippen LogP) is 5.64. The molecule has 1 spiro atoms.